The van der Waals surface area contributed by atoms with Crippen LogP contribution in [0.2, 0.25) is 0 Å². The molecule has 6 nitrogen and oxygen atoms in total. The molecule has 88 valence electrons. The number of aromatic nitrogens is 1. The van der Waals surface area contributed by atoms with E-state index in [4.69, 9.17) is 5.73 Å². The van der Waals surface area contributed by atoms with Crippen molar-refractivity contribution in [2.45, 2.75) is 13.5 Å². The lowest BCUT2D eigenvalue weighted by Crippen LogP contribution is -2.28. The third-order valence-electron chi connectivity index (χ3n) is 2.00. The summed E-state index contributed by atoms with van der Waals surface area (Å²) in [4.78, 5) is 22.7. The maximum Gasteiger partial charge on any atom is 0.354 e. The molecular weight excluding hydrogens is 210 g/mol. The van der Waals surface area contributed by atoms with E-state index in [2.05, 4.69) is 10.1 Å². The van der Waals surface area contributed by atoms with Crippen molar-refractivity contribution in [2.24, 2.45) is 0 Å². The molecule has 1 aromatic heterocycles. The van der Waals surface area contributed by atoms with E-state index in [1.165, 1.54) is 23.9 Å². The average Bonchev–Trinajstić information content (AvgIpc) is 2.58. The summed E-state index contributed by atoms with van der Waals surface area (Å²) in [5.74, 6) is -0.691. The maximum atomic E-state index is 11.4. The van der Waals surface area contributed by atoms with E-state index in [1.54, 1.807) is 0 Å². The highest BCUT2D eigenvalue weighted by Gasteiger charge is 2.14. The number of esters is 1. The van der Waals surface area contributed by atoms with Gasteiger partial charge in [-0.05, 0) is 13.0 Å². The average molecular weight is 225 g/mol. The molecule has 0 aliphatic heterocycles. The summed E-state index contributed by atoms with van der Waals surface area (Å²) in [5.41, 5.74) is 6.25. The molecule has 16 heavy (non-hydrogen) atoms. The first-order valence-corrected chi connectivity index (χ1v) is 4.89. The van der Waals surface area contributed by atoms with Crippen LogP contribution in [0, 0.1) is 0 Å². The number of methoxy groups -OCH3 is 1. The van der Waals surface area contributed by atoms with Gasteiger partial charge in [0.05, 0.1) is 12.8 Å². The Labute approximate surface area is 93.4 Å². The highest BCUT2D eigenvalue weighted by molar-refractivity contribution is 5.89. The molecule has 0 saturated heterocycles. The van der Waals surface area contributed by atoms with Crippen molar-refractivity contribution in [3.8, 4) is 0 Å². The lowest BCUT2D eigenvalue weighted by molar-refractivity contribution is -0.121. The summed E-state index contributed by atoms with van der Waals surface area (Å²) in [6.45, 7) is 2.42. The fourth-order valence-electron chi connectivity index (χ4n) is 1.35. The third-order valence-corrected chi connectivity index (χ3v) is 2.00. The Morgan fingerprint density at radius 2 is 2.25 bits per heavy atom. The normalized spacial score (nSPS) is 9.88. The predicted molar refractivity (Wildman–Crippen MR) is 58.9 cm³/mol. The van der Waals surface area contributed by atoms with Crippen LogP contribution in [0.25, 0.3) is 0 Å². The number of amides is 1. The zero-order valence-corrected chi connectivity index (χ0v) is 9.32. The second-order valence-corrected chi connectivity index (χ2v) is 3.23. The summed E-state index contributed by atoms with van der Waals surface area (Å²) in [6.07, 6.45) is 1.53. The van der Waals surface area contributed by atoms with E-state index in [-0.39, 0.29) is 18.1 Å². The van der Waals surface area contributed by atoms with Crippen LogP contribution in [0.5, 0.6) is 0 Å². The van der Waals surface area contributed by atoms with Gasteiger partial charge >= 0.3 is 5.97 Å². The Hall–Kier alpha value is -1.98. The van der Waals surface area contributed by atoms with Gasteiger partial charge in [-0.2, -0.15) is 0 Å². The minimum atomic E-state index is -0.513. The highest BCUT2D eigenvalue weighted by atomic mass is 16.5. The number of ether oxygens (including phenoxy) is 1. The molecule has 0 aliphatic rings. The number of nitrogens with two attached hydrogens (primary N) is 1. The Morgan fingerprint density at radius 1 is 1.56 bits per heavy atom. The number of nitrogens with one attached hydrogen (secondary N) is 1. The number of hydrogen-bond donors (Lipinski definition) is 2. The highest BCUT2D eigenvalue weighted by Crippen LogP contribution is 2.11. The lowest BCUT2D eigenvalue weighted by atomic mass is 10.4. The van der Waals surface area contributed by atoms with E-state index >= 15 is 0 Å². The zero-order valence-electron chi connectivity index (χ0n) is 9.32. The summed E-state index contributed by atoms with van der Waals surface area (Å²) in [6, 6.07) is 1.48. The van der Waals surface area contributed by atoms with Crippen LogP contribution in [0.3, 0.4) is 0 Å². The summed E-state index contributed by atoms with van der Waals surface area (Å²) in [7, 11) is 1.28. The summed E-state index contributed by atoms with van der Waals surface area (Å²) < 4.78 is 6.05. The van der Waals surface area contributed by atoms with E-state index in [1.807, 2.05) is 6.92 Å². The number of nitrogen functional groups attached to an aromatic ring is 1. The predicted octanol–water partition coefficient (Wildman–Crippen LogP) is -0.00700. The van der Waals surface area contributed by atoms with Gasteiger partial charge in [0.25, 0.3) is 0 Å². The van der Waals surface area contributed by atoms with Gasteiger partial charge in [0.1, 0.15) is 12.2 Å². The van der Waals surface area contributed by atoms with Gasteiger partial charge in [-0.25, -0.2) is 4.79 Å². The lowest BCUT2D eigenvalue weighted by Gasteiger charge is -2.06. The van der Waals surface area contributed by atoms with Crippen LogP contribution >= 0.6 is 0 Å². The van der Waals surface area contributed by atoms with Crippen LogP contribution in [0.1, 0.15) is 17.4 Å². The van der Waals surface area contributed by atoms with Gasteiger partial charge < -0.3 is 20.4 Å². The maximum absolute atomic E-state index is 11.4. The van der Waals surface area contributed by atoms with E-state index in [0.29, 0.717) is 12.2 Å². The van der Waals surface area contributed by atoms with E-state index < -0.39 is 5.97 Å². The summed E-state index contributed by atoms with van der Waals surface area (Å²) in [5, 5.41) is 2.63. The minimum absolute atomic E-state index is 0.0511. The molecule has 0 saturated carbocycles. The Kier molecular flexibility index (Phi) is 3.93. The Bertz CT molecular complexity index is 398. The van der Waals surface area contributed by atoms with Gasteiger partial charge in [0.15, 0.2) is 0 Å². The summed E-state index contributed by atoms with van der Waals surface area (Å²) >= 11 is 0. The molecule has 0 aliphatic carbocycles. The van der Waals surface area contributed by atoms with Crippen molar-refractivity contribution in [3.05, 3.63) is 18.0 Å². The van der Waals surface area contributed by atoms with Gasteiger partial charge in [-0.15, -0.1) is 0 Å². The molecule has 3 N–H and O–H groups in total. The molecule has 0 fully saturated rings. The second-order valence-electron chi connectivity index (χ2n) is 3.23. The van der Waals surface area contributed by atoms with Gasteiger partial charge in [0.2, 0.25) is 5.91 Å². The van der Waals surface area contributed by atoms with Crippen molar-refractivity contribution in [3.63, 3.8) is 0 Å². The molecular formula is C10H15N3O3. The first kappa shape index (κ1) is 12.1. The molecule has 0 unspecified atom stereocenters. The molecule has 6 heteroatoms. The Balaban J connectivity index is 2.86. The zero-order chi connectivity index (χ0) is 12.1. The van der Waals surface area contributed by atoms with Crippen LogP contribution in [-0.2, 0) is 16.1 Å². The second kappa shape index (κ2) is 5.20. The van der Waals surface area contributed by atoms with Crippen molar-refractivity contribution in [1.82, 2.24) is 9.88 Å². The third kappa shape index (κ3) is 2.75. The molecule has 1 heterocycles. The van der Waals surface area contributed by atoms with E-state index in [9.17, 15) is 9.59 Å². The van der Waals surface area contributed by atoms with E-state index in [0.717, 1.165) is 0 Å². The fraction of sp³-hybridized carbons (Fsp3) is 0.400. The van der Waals surface area contributed by atoms with Crippen molar-refractivity contribution in [2.75, 3.05) is 19.4 Å². The number of hydrogen-bond acceptors (Lipinski definition) is 4. The monoisotopic (exact) mass is 225 g/mol. The van der Waals surface area contributed by atoms with Crippen molar-refractivity contribution in [1.29, 1.82) is 0 Å². The quantitative estimate of drug-likeness (QED) is 0.706. The minimum Gasteiger partial charge on any atom is -0.464 e. The SMILES string of the molecule is CCNC(=O)Cn1cc(N)cc1C(=O)OC. The number of rotatable bonds is 4. The van der Waals surface area contributed by atoms with Gasteiger partial charge in [-0.1, -0.05) is 0 Å². The largest absolute Gasteiger partial charge is 0.464 e. The molecule has 0 bridgehead atoms. The van der Waals surface area contributed by atoms with Gasteiger partial charge in [-0.3, -0.25) is 4.79 Å². The molecule has 1 aromatic rings. The molecule has 0 radical (unpaired) electrons. The van der Waals surface area contributed by atoms with Crippen LogP contribution in [0.15, 0.2) is 12.3 Å². The number of likely N-dealkylation sites (N-methyl/N-ethyl adjacent to an activating group) is 1. The number of carbonyl (C=O) groups excluding carboxylic acids is 2. The molecule has 0 aromatic carbocycles. The van der Waals surface area contributed by atoms with Crippen molar-refractivity contribution < 1.29 is 14.3 Å². The number of nitrogens with zero attached hydrogens (tertiary/aromatic N) is 1. The molecule has 1 rings (SSSR count). The van der Waals surface area contributed by atoms with Crippen LogP contribution < -0.4 is 11.1 Å². The first-order chi connectivity index (χ1) is 7.58. The smallest absolute Gasteiger partial charge is 0.354 e. The number of anilines is 1. The first-order valence-electron chi connectivity index (χ1n) is 4.89. The van der Waals surface area contributed by atoms with Crippen LogP contribution in [-0.4, -0.2) is 30.1 Å². The van der Waals surface area contributed by atoms with Gasteiger partial charge in [0, 0.05) is 12.7 Å². The Morgan fingerprint density at radius 3 is 2.81 bits per heavy atom. The van der Waals surface area contributed by atoms with Crippen LogP contribution in [0.4, 0.5) is 5.69 Å². The molecule has 1 amide bonds. The fourth-order valence-corrected chi connectivity index (χ4v) is 1.35. The molecule has 0 spiro atoms. The number of carbonyl (C=O) groups is 2. The molecule has 0 atom stereocenters. The standard InChI is InChI=1S/C10H15N3O3/c1-3-12-9(14)6-13-5-7(11)4-8(13)10(15)16-2/h4-5H,3,6,11H2,1-2H3,(H,12,14). The topological polar surface area (TPSA) is 86.4 Å². The van der Waals surface area contributed by atoms with Crippen molar-refractivity contribution >= 4 is 17.6 Å².